The Kier molecular flexibility index (Phi) is 6.33. The van der Waals surface area contributed by atoms with E-state index in [9.17, 15) is 0 Å². The maximum absolute atomic E-state index is 3.41. The molecule has 0 N–H and O–H groups in total. The van der Waals surface area contributed by atoms with Crippen LogP contribution in [-0.4, -0.2) is 14.8 Å². The smallest absolute Gasteiger partial charge is 0.0419 e. The number of halogens is 1. The minimum Gasteiger partial charge on any atom is -0.0931 e. The molecule has 0 aliphatic carbocycles. The third kappa shape index (κ3) is 4.85. The lowest BCUT2D eigenvalue weighted by Crippen LogP contribution is -1.97. The number of hydrogen-bond acceptors (Lipinski definition) is 0. The molecular formula is C6H13BrSi. The molecule has 0 saturated carbocycles. The van der Waals surface area contributed by atoms with Crippen LogP contribution in [0.1, 0.15) is 20.3 Å². The molecule has 0 fully saturated rings. The van der Waals surface area contributed by atoms with Crippen molar-refractivity contribution in [1.82, 2.24) is 0 Å². The van der Waals surface area contributed by atoms with Crippen LogP contribution in [0.3, 0.4) is 0 Å². The van der Waals surface area contributed by atoms with Gasteiger partial charge in [-0.15, -0.1) is 0 Å². The second kappa shape index (κ2) is 5.83. The molecule has 0 bridgehead atoms. The van der Waals surface area contributed by atoms with E-state index in [2.05, 4.69) is 29.8 Å². The highest BCUT2D eigenvalue weighted by atomic mass is 79.9. The Morgan fingerprint density at radius 3 is 2.62 bits per heavy atom. The van der Waals surface area contributed by atoms with Crippen LogP contribution < -0.4 is 0 Å². The lowest BCUT2D eigenvalue weighted by Gasteiger charge is -2.02. The van der Waals surface area contributed by atoms with E-state index in [4.69, 9.17) is 0 Å². The van der Waals surface area contributed by atoms with Gasteiger partial charge < -0.3 is 0 Å². The zero-order valence-electron chi connectivity index (χ0n) is 5.58. The SMILES string of the molecule is CCC(C)[Si]CCBr. The van der Waals surface area contributed by atoms with Gasteiger partial charge in [0.05, 0.1) is 0 Å². The van der Waals surface area contributed by atoms with Gasteiger partial charge in [0.15, 0.2) is 0 Å². The maximum Gasteiger partial charge on any atom is 0.0419 e. The molecule has 0 aliphatic rings. The summed E-state index contributed by atoms with van der Waals surface area (Å²) in [6.07, 6.45) is 1.34. The summed E-state index contributed by atoms with van der Waals surface area (Å²) in [5.41, 5.74) is 0.951. The van der Waals surface area contributed by atoms with Gasteiger partial charge >= 0.3 is 0 Å². The van der Waals surface area contributed by atoms with Crippen LogP contribution in [0.2, 0.25) is 11.6 Å². The molecule has 0 saturated heterocycles. The maximum atomic E-state index is 3.41. The highest BCUT2D eigenvalue weighted by Gasteiger charge is 1.96. The molecule has 0 nitrogen and oxygen atoms in total. The second-order valence-electron chi connectivity index (χ2n) is 1.95. The van der Waals surface area contributed by atoms with Crippen molar-refractivity contribution in [2.24, 2.45) is 0 Å². The first-order valence-corrected chi connectivity index (χ1v) is 5.51. The van der Waals surface area contributed by atoms with Crippen LogP contribution >= 0.6 is 15.9 Å². The van der Waals surface area contributed by atoms with E-state index in [0.29, 0.717) is 0 Å². The Morgan fingerprint density at radius 1 is 1.62 bits per heavy atom. The van der Waals surface area contributed by atoms with E-state index in [0.717, 1.165) is 15.1 Å². The molecule has 2 heteroatoms. The van der Waals surface area contributed by atoms with Crippen molar-refractivity contribution < 1.29 is 0 Å². The molecular weight excluding hydrogens is 180 g/mol. The van der Waals surface area contributed by atoms with Gasteiger partial charge in [0.1, 0.15) is 0 Å². The minimum atomic E-state index is 0.951. The zero-order valence-corrected chi connectivity index (χ0v) is 8.16. The Morgan fingerprint density at radius 2 is 2.25 bits per heavy atom. The quantitative estimate of drug-likeness (QED) is 0.475. The summed E-state index contributed by atoms with van der Waals surface area (Å²) >= 11 is 3.41. The summed E-state index contributed by atoms with van der Waals surface area (Å²) in [5, 5.41) is 1.18. The van der Waals surface area contributed by atoms with Gasteiger partial charge in [-0.05, 0) is 0 Å². The van der Waals surface area contributed by atoms with E-state index in [-0.39, 0.29) is 0 Å². The van der Waals surface area contributed by atoms with Crippen LogP contribution in [0.15, 0.2) is 0 Å². The van der Waals surface area contributed by atoms with Crippen LogP contribution in [-0.2, 0) is 0 Å². The molecule has 0 heterocycles. The lowest BCUT2D eigenvalue weighted by atomic mass is 10.4. The molecule has 8 heavy (non-hydrogen) atoms. The fourth-order valence-electron chi connectivity index (χ4n) is 0.445. The number of rotatable bonds is 4. The third-order valence-corrected chi connectivity index (χ3v) is 3.97. The average molecular weight is 193 g/mol. The summed E-state index contributed by atoms with van der Waals surface area (Å²) < 4.78 is 0. The fraction of sp³-hybridized carbons (Fsp3) is 1.00. The number of hydrogen-bond donors (Lipinski definition) is 0. The molecule has 0 aromatic rings. The van der Waals surface area contributed by atoms with Crippen molar-refractivity contribution in [3.63, 3.8) is 0 Å². The summed E-state index contributed by atoms with van der Waals surface area (Å²) in [6.45, 7) is 4.58. The van der Waals surface area contributed by atoms with E-state index in [1.165, 1.54) is 17.8 Å². The normalized spacial score (nSPS) is 13.9. The fourth-order valence-corrected chi connectivity index (χ4v) is 2.02. The predicted octanol–water partition coefficient (Wildman–Crippen LogP) is 2.72. The Labute approximate surface area is 63.0 Å². The van der Waals surface area contributed by atoms with Gasteiger partial charge in [0.25, 0.3) is 0 Å². The predicted molar refractivity (Wildman–Crippen MR) is 44.1 cm³/mol. The van der Waals surface area contributed by atoms with E-state index >= 15 is 0 Å². The van der Waals surface area contributed by atoms with Crippen molar-refractivity contribution in [1.29, 1.82) is 0 Å². The van der Waals surface area contributed by atoms with Crippen molar-refractivity contribution in [3.05, 3.63) is 0 Å². The molecule has 2 radical (unpaired) electrons. The van der Waals surface area contributed by atoms with Gasteiger partial charge in [-0.25, -0.2) is 0 Å². The van der Waals surface area contributed by atoms with E-state index < -0.39 is 0 Å². The van der Waals surface area contributed by atoms with Crippen LogP contribution in [0.5, 0.6) is 0 Å². The van der Waals surface area contributed by atoms with Crippen LogP contribution in [0.4, 0.5) is 0 Å². The summed E-state index contributed by atoms with van der Waals surface area (Å²) in [7, 11) is 1.16. The third-order valence-electron chi connectivity index (χ3n) is 1.20. The lowest BCUT2D eigenvalue weighted by molar-refractivity contribution is 0.866. The zero-order chi connectivity index (χ0) is 6.41. The van der Waals surface area contributed by atoms with Crippen molar-refractivity contribution in [2.75, 3.05) is 5.33 Å². The van der Waals surface area contributed by atoms with Gasteiger partial charge in [-0.1, -0.05) is 47.8 Å². The standard InChI is InChI=1S/C6H13BrSi/c1-3-6(2)8-5-4-7/h6H,3-5H2,1-2H3. The van der Waals surface area contributed by atoms with Gasteiger partial charge in [0.2, 0.25) is 0 Å². The largest absolute Gasteiger partial charge is 0.0931 e. The second-order valence-corrected chi connectivity index (χ2v) is 4.64. The molecule has 0 rings (SSSR count). The monoisotopic (exact) mass is 192 g/mol. The summed E-state index contributed by atoms with van der Waals surface area (Å²) in [6, 6.07) is 1.36. The Balaban J connectivity index is 2.86. The van der Waals surface area contributed by atoms with E-state index in [1.807, 2.05) is 0 Å². The number of alkyl halides is 1. The minimum absolute atomic E-state index is 0.951. The van der Waals surface area contributed by atoms with E-state index in [1.54, 1.807) is 0 Å². The summed E-state index contributed by atoms with van der Waals surface area (Å²) in [5.74, 6) is 0. The first kappa shape index (κ1) is 8.70. The average Bonchev–Trinajstić information content (AvgIpc) is 1.83. The molecule has 0 aromatic carbocycles. The molecule has 48 valence electrons. The summed E-state index contributed by atoms with van der Waals surface area (Å²) in [4.78, 5) is 0. The van der Waals surface area contributed by atoms with Gasteiger partial charge in [-0.2, -0.15) is 0 Å². The Bertz CT molecular complexity index is 47.8. The Hall–Kier alpha value is 0.697. The van der Waals surface area contributed by atoms with Crippen molar-refractivity contribution in [2.45, 2.75) is 31.9 Å². The molecule has 0 aromatic heterocycles. The van der Waals surface area contributed by atoms with Gasteiger partial charge in [-0.3, -0.25) is 0 Å². The first-order chi connectivity index (χ1) is 3.81. The van der Waals surface area contributed by atoms with Crippen LogP contribution in [0.25, 0.3) is 0 Å². The molecule has 0 aliphatic heterocycles. The molecule has 1 atom stereocenters. The molecule has 0 spiro atoms. The molecule has 1 unspecified atom stereocenters. The molecule has 0 amide bonds. The van der Waals surface area contributed by atoms with Crippen molar-refractivity contribution >= 4 is 25.4 Å². The highest BCUT2D eigenvalue weighted by molar-refractivity contribution is 9.09. The first-order valence-electron chi connectivity index (χ1n) is 3.10. The topological polar surface area (TPSA) is 0 Å². The van der Waals surface area contributed by atoms with Gasteiger partial charge in [0, 0.05) is 14.8 Å². The van der Waals surface area contributed by atoms with Crippen molar-refractivity contribution in [3.8, 4) is 0 Å². The highest BCUT2D eigenvalue weighted by Crippen LogP contribution is 2.07. The van der Waals surface area contributed by atoms with Crippen LogP contribution in [0, 0.1) is 0 Å².